The minimum Gasteiger partial charge on any atom is -0.488 e. The number of aromatic nitrogens is 1. The Hall–Kier alpha value is -4.13. The van der Waals surface area contributed by atoms with Gasteiger partial charge in [0.15, 0.2) is 0 Å². The predicted octanol–water partition coefficient (Wildman–Crippen LogP) is 4.68. The van der Waals surface area contributed by atoms with Crippen molar-refractivity contribution in [2.75, 3.05) is 5.32 Å². The van der Waals surface area contributed by atoms with Crippen LogP contribution in [0.5, 0.6) is 5.75 Å². The van der Waals surface area contributed by atoms with Gasteiger partial charge in [0, 0.05) is 11.3 Å². The molecule has 0 aliphatic heterocycles. The number of aryl methyl sites for hydroxylation is 3. The van der Waals surface area contributed by atoms with Crippen LogP contribution in [0.2, 0.25) is 0 Å². The van der Waals surface area contributed by atoms with E-state index in [1.54, 1.807) is 31.2 Å². The molecule has 0 aliphatic rings. The van der Waals surface area contributed by atoms with E-state index >= 15 is 0 Å². The van der Waals surface area contributed by atoms with E-state index in [1.807, 2.05) is 44.2 Å². The fourth-order valence-electron chi connectivity index (χ4n) is 3.59. The summed E-state index contributed by atoms with van der Waals surface area (Å²) in [5, 5.41) is 8.71. The first-order chi connectivity index (χ1) is 15.3. The monoisotopic (exact) mass is 429 g/mol. The number of nitrogens with zero attached hydrogens (tertiary/aromatic N) is 1. The Bertz CT molecular complexity index is 1320. The summed E-state index contributed by atoms with van der Waals surface area (Å²) in [4.78, 5) is 24.7. The third-order valence-corrected chi connectivity index (χ3v) is 5.40. The molecule has 3 aromatic carbocycles. The number of rotatable bonds is 6. The van der Waals surface area contributed by atoms with Crippen molar-refractivity contribution in [2.45, 2.75) is 27.4 Å². The van der Waals surface area contributed by atoms with Gasteiger partial charge in [0.05, 0.1) is 16.8 Å². The number of carbonyl (C=O) groups is 2. The van der Waals surface area contributed by atoms with E-state index in [-0.39, 0.29) is 12.5 Å². The molecule has 32 heavy (non-hydrogen) atoms. The molecule has 0 aliphatic carbocycles. The van der Waals surface area contributed by atoms with E-state index in [1.165, 1.54) is 0 Å². The Labute approximate surface area is 185 Å². The Kier molecular flexibility index (Phi) is 5.64. The van der Waals surface area contributed by atoms with Crippen LogP contribution in [0.15, 0.2) is 59.1 Å². The highest BCUT2D eigenvalue weighted by Gasteiger charge is 2.17. The maximum Gasteiger partial charge on any atom is 0.259 e. The zero-order valence-electron chi connectivity index (χ0n) is 18.1. The van der Waals surface area contributed by atoms with Crippen LogP contribution in [0.3, 0.4) is 0 Å². The SMILES string of the molecule is Cc1cc(NC(=O)c2cc3ccccc3cc2OCc2c(C)noc2C)ccc1C(N)=O. The van der Waals surface area contributed by atoms with Gasteiger partial charge in [-0.25, -0.2) is 0 Å². The summed E-state index contributed by atoms with van der Waals surface area (Å²) in [7, 11) is 0. The molecule has 2 amide bonds. The third kappa shape index (κ3) is 4.18. The van der Waals surface area contributed by atoms with Crippen LogP contribution in [0.4, 0.5) is 5.69 Å². The van der Waals surface area contributed by atoms with Crippen molar-refractivity contribution in [1.29, 1.82) is 0 Å². The number of hydrogen-bond donors (Lipinski definition) is 2. The second kappa shape index (κ2) is 8.55. The summed E-state index contributed by atoms with van der Waals surface area (Å²) >= 11 is 0. The number of carbonyl (C=O) groups excluding carboxylic acids is 2. The summed E-state index contributed by atoms with van der Waals surface area (Å²) in [5.74, 6) is 0.298. The molecule has 162 valence electrons. The Balaban J connectivity index is 1.66. The van der Waals surface area contributed by atoms with Crippen molar-refractivity contribution in [3.8, 4) is 5.75 Å². The lowest BCUT2D eigenvalue weighted by atomic mass is 10.0. The quantitative estimate of drug-likeness (QED) is 0.463. The molecule has 0 saturated heterocycles. The molecule has 4 aromatic rings. The molecule has 0 atom stereocenters. The minimum atomic E-state index is -0.509. The van der Waals surface area contributed by atoms with E-state index in [2.05, 4.69) is 10.5 Å². The molecule has 7 nitrogen and oxygen atoms in total. The van der Waals surface area contributed by atoms with Gasteiger partial charge in [-0.2, -0.15) is 0 Å². The highest BCUT2D eigenvalue weighted by atomic mass is 16.5. The fourth-order valence-corrected chi connectivity index (χ4v) is 3.59. The van der Waals surface area contributed by atoms with E-state index in [4.69, 9.17) is 15.0 Å². The first-order valence-electron chi connectivity index (χ1n) is 10.1. The van der Waals surface area contributed by atoms with Crippen molar-refractivity contribution < 1.29 is 18.8 Å². The molecule has 0 saturated carbocycles. The lowest BCUT2D eigenvalue weighted by Gasteiger charge is -2.14. The normalized spacial score (nSPS) is 10.8. The van der Waals surface area contributed by atoms with Gasteiger partial charge >= 0.3 is 0 Å². The number of nitrogens with two attached hydrogens (primary N) is 1. The zero-order valence-corrected chi connectivity index (χ0v) is 18.1. The average Bonchev–Trinajstić information content (AvgIpc) is 3.08. The van der Waals surface area contributed by atoms with Crippen LogP contribution < -0.4 is 15.8 Å². The second-order valence-corrected chi connectivity index (χ2v) is 7.63. The van der Waals surface area contributed by atoms with Gasteiger partial charge in [-0.3, -0.25) is 9.59 Å². The molecule has 0 radical (unpaired) electrons. The lowest BCUT2D eigenvalue weighted by molar-refractivity contribution is 0.0997. The van der Waals surface area contributed by atoms with Crippen molar-refractivity contribution in [3.63, 3.8) is 0 Å². The van der Waals surface area contributed by atoms with E-state index in [9.17, 15) is 9.59 Å². The molecule has 3 N–H and O–H groups in total. The molecule has 1 aromatic heterocycles. The van der Waals surface area contributed by atoms with Gasteiger partial charge < -0.3 is 20.3 Å². The molecular weight excluding hydrogens is 406 g/mol. The Morgan fingerprint density at radius 1 is 1.00 bits per heavy atom. The lowest BCUT2D eigenvalue weighted by Crippen LogP contribution is -2.16. The highest BCUT2D eigenvalue weighted by molar-refractivity contribution is 6.09. The first kappa shape index (κ1) is 21.1. The number of hydrogen-bond acceptors (Lipinski definition) is 5. The largest absolute Gasteiger partial charge is 0.488 e. The van der Waals surface area contributed by atoms with E-state index in [0.717, 1.165) is 22.0 Å². The van der Waals surface area contributed by atoms with Crippen LogP contribution in [-0.4, -0.2) is 17.0 Å². The molecule has 4 rings (SSSR count). The molecule has 0 fully saturated rings. The molecule has 7 heteroatoms. The van der Waals surface area contributed by atoms with Gasteiger partial charge in [0.1, 0.15) is 18.1 Å². The summed E-state index contributed by atoms with van der Waals surface area (Å²) < 4.78 is 11.3. The van der Waals surface area contributed by atoms with Crippen molar-refractivity contribution in [1.82, 2.24) is 5.16 Å². The number of anilines is 1. The number of nitrogens with one attached hydrogen (secondary N) is 1. The van der Waals surface area contributed by atoms with Gasteiger partial charge in [-0.1, -0.05) is 29.4 Å². The highest BCUT2D eigenvalue weighted by Crippen LogP contribution is 2.29. The zero-order chi connectivity index (χ0) is 22.8. The van der Waals surface area contributed by atoms with Crippen LogP contribution in [-0.2, 0) is 6.61 Å². The topological polar surface area (TPSA) is 107 Å². The van der Waals surface area contributed by atoms with Gasteiger partial charge in [-0.15, -0.1) is 0 Å². The summed E-state index contributed by atoms with van der Waals surface area (Å²) in [5.41, 5.74) is 9.02. The van der Waals surface area contributed by atoms with Gasteiger partial charge in [-0.05, 0) is 67.4 Å². The average molecular weight is 429 g/mol. The van der Waals surface area contributed by atoms with Crippen LogP contribution >= 0.6 is 0 Å². The Morgan fingerprint density at radius 2 is 1.72 bits per heavy atom. The number of benzene rings is 3. The summed E-state index contributed by atoms with van der Waals surface area (Å²) in [6.45, 7) is 5.67. The van der Waals surface area contributed by atoms with E-state index in [0.29, 0.717) is 33.9 Å². The number of amides is 2. The van der Waals surface area contributed by atoms with E-state index < -0.39 is 5.91 Å². The standard InChI is InChI=1S/C25H23N3O4/c1-14-10-19(8-9-20(14)24(26)29)27-25(30)21-11-17-6-4-5-7-18(17)12-23(21)31-13-22-15(2)28-32-16(22)3/h4-12H,13H2,1-3H3,(H2,26,29)(H,27,30). The molecule has 1 heterocycles. The van der Waals surface area contributed by atoms with Crippen LogP contribution in [0.25, 0.3) is 10.8 Å². The number of fused-ring (bicyclic) bond motifs is 1. The molecule has 0 spiro atoms. The molecule has 0 unspecified atom stereocenters. The van der Waals surface area contributed by atoms with Crippen LogP contribution in [0.1, 0.15) is 43.3 Å². The fraction of sp³-hybridized carbons (Fsp3) is 0.160. The van der Waals surface area contributed by atoms with Crippen LogP contribution in [0, 0.1) is 20.8 Å². The number of primary amides is 1. The van der Waals surface area contributed by atoms with Gasteiger partial charge in [0.25, 0.3) is 5.91 Å². The van der Waals surface area contributed by atoms with Crippen molar-refractivity contribution in [2.24, 2.45) is 5.73 Å². The smallest absolute Gasteiger partial charge is 0.259 e. The second-order valence-electron chi connectivity index (χ2n) is 7.63. The minimum absolute atomic E-state index is 0.228. The third-order valence-electron chi connectivity index (χ3n) is 5.40. The Morgan fingerprint density at radius 3 is 2.34 bits per heavy atom. The van der Waals surface area contributed by atoms with Crippen molar-refractivity contribution >= 4 is 28.3 Å². The summed E-state index contributed by atoms with van der Waals surface area (Å²) in [6, 6.07) is 16.4. The predicted molar refractivity (Wildman–Crippen MR) is 122 cm³/mol. The molecular formula is C25H23N3O4. The summed E-state index contributed by atoms with van der Waals surface area (Å²) in [6.07, 6.45) is 0. The number of ether oxygens (including phenoxy) is 1. The maximum atomic E-state index is 13.2. The van der Waals surface area contributed by atoms with Crippen molar-refractivity contribution in [3.05, 3.63) is 88.3 Å². The van der Waals surface area contributed by atoms with Gasteiger partial charge in [0.2, 0.25) is 5.91 Å². The molecule has 0 bridgehead atoms. The first-order valence-corrected chi connectivity index (χ1v) is 10.1. The maximum absolute atomic E-state index is 13.2.